The summed E-state index contributed by atoms with van der Waals surface area (Å²) in [6.07, 6.45) is 2.31. The van der Waals surface area contributed by atoms with Gasteiger partial charge in [0.05, 0.1) is 0 Å². The molecule has 2 rings (SSSR count). The highest BCUT2D eigenvalue weighted by molar-refractivity contribution is 7.29. The van der Waals surface area contributed by atoms with Gasteiger partial charge in [0.1, 0.15) is 0 Å². The molecule has 2 atom stereocenters. The van der Waals surface area contributed by atoms with Gasteiger partial charge in [-0.15, -0.1) is 0 Å². The summed E-state index contributed by atoms with van der Waals surface area (Å²) >= 11 is 0. The molecule has 0 amide bonds. The number of carboxylic acid groups (broad SMARTS) is 1. The van der Waals surface area contributed by atoms with Crippen LogP contribution in [0.4, 0.5) is 0 Å². The molecule has 1 aromatic heterocycles. The van der Waals surface area contributed by atoms with Crippen LogP contribution in [0.5, 0.6) is 0 Å². The van der Waals surface area contributed by atoms with Gasteiger partial charge >= 0.3 is 14.2 Å². The van der Waals surface area contributed by atoms with Crippen LogP contribution in [0.3, 0.4) is 0 Å². The van der Waals surface area contributed by atoms with Crippen molar-refractivity contribution in [2.75, 3.05) is 0 Å². The quantitative estimate of drug-likeness (QED) is 0.557. The van der Waals surface area contributed by atoms with E-state index in [0.29, 0.717) is 6.42 Å². The predicted octanol–water partition coefficient (Wildman–Crippen LogP) is -0.598. The molecule has 0 saturated carbocycles. The Bertz CT molecular complexity index is 579. The fraction of sp³-hybridized carbons (Fsp3) is 0.182. The molecule has 0 aliphatic carbocycles. The summed E-state index contributed by atoms with van der Waals surface area (Å²) < 4.78 is 8.59. The number of carbonyl (C=O) groups is 1. The second-order valence-corrected chi connectivity index (χ2v) is 4.31. The SMILES string of the molecule is O=[P+]([O-])O.[NH3+][C@@H](Cc1c[nH]c2ccccc12)C(=O)O. The van der Waals surface area contributed by atoms with Crippen LogP contribution in [0.15, 0.2) is 30.5 Å². The number of benzene rings is 1. The zero-order valence-electron chi connectivity index (χ0n) is 9.94. The number of aromatic amines is 1. The summed E-state index contributed by atoms with van der Waals surface area (Å²) in [5.74, 6) is -0.861. The summed E-state index contributed by atoms with van der Waals surface area (Å²) in [5, 5.41) is 9.86. The van der Waals surface area contributed by atoms with E-state index < -0.39 is 20.3 Å². The molecule has 7 nitrogen and oxygen atoms in total. The molecular weight excluding hydrogens is 271 g/mol. The van der Waals surface area contributed by atoms with Gasteiger partial charge in [-0.3, -0.25) is 0 Å². The smallest absolute Gasteiger partial charge is 0.485 e. The molecule has 1 heterocycles. The van der Waals surface area contributed by atoms with Gasteiger partial charge in [0.2, 0.25) is 0 Å². The van der Waals surface area contributed by atoms with Crippen LogP contribution in [0.2, 0.25) is 0 Å². The van der Waals surface area contributed by atoms with Crippen molar-refractivity contribution in [2.45, 2.75) is 12.5 Å². The van der Waals surface area contributed by atoms with E-state index in [1.54, 1.807) is 0 Å². The summed E-state index contributed by atoms with van der Waals surface area (Å²) in [6.45, 7) is 0. The molecule has 0 fully saturated rings. The van der Waals surface area contributed by atoms with Crippen LogP contribution >= 0.6 is 8.25 Å². The summed E-state index contributed by atoms with van der Waals surface area (Å²) in [6, 6.07) is 7.25. The van der Waals surface area contributed by atoms with Gasteiger partial charge in [-0.05, 0) is 16.2 Å². The number of nitrogens with one attached hydrogen (secondary N) is 1. The van der Waals surface area contributed by atoms with Crippen molar-refractivity contribution in [1.82, 2.24) is 4.98 Å². The van der Waals surface area contributed by atoms with E-state index in [1.165, 1.54) is 0 Å². The number of aromatic nitrogens is 1. The van der Waals surface area contributed by atoms with Crippen LogP contribution in [0.25, 0.3) is 10.9 Å². The Kier molecular flexibility index (Phi) is 5.59. The minimum absolute atomic E-state index is 0.458. The molecule has 8 heteroatoms. The molecule has 1 unspecified atom stereocenters. The van der Waals surface area contributed by atoms with E-state index in [0.717, 1.165) is 16.5 Å². The Morgan fingerprint density at radius 2 is 2.05 bits per heavy atom. The van der Waals surface area contributed by atoms with Crippen LogP contribution in [-0.4, -0.2) is 27.0 Å². The van der Waals surface area contributed by atoms with E-state index in [1.807, 2.05) is 30.5 Å². The first kappa shape index (κ1) is 15.3. The first-order chi connectivity index (χ1) is 8.91. The van der Waals surface area contributed by atoms with Crippen LogP contribution in [0.1, 0.15) is 5.56 Å². The minimum Gasteiger partial charge on any atom is -0.567 e. The van der Waals surface area contributed by atoms with Crippen molar-refractivity contribution in [3.05, 3.63) is 36.0 Å². The van der Waals surface area contributed by atoms with Crippen LogP contribution < -0.4 is 10.6 Å². The van der Waals surface area contributed by atoms with Gasteiger partial charge < -0.3 is 20.7 Å². The van der Waals surface area contributed by atoms with Crippen molar-refractivity contribution in [2.24, 2.45) is 0 Å². The van der Waals surface area contributed by atoms with E-state index >= 15 is 0 Å². The molecule has 6 N–H and O–H groups in total. The molecule has 19 heavy (non-hydrogen) atoms. The number of para-hydroxylation sites is 1. The number of hydrogen-bond donors (Lipinski definition) is 4. The lowest BCUT2D eigenvalue weighted by molar-refractivity contribution is -0.407. The largest absolute Gasteiger partial charge is 0.567 e. The fourth-order valence-corrected chi connectivity index (χ4v) is 1.65. The number of hydrogen-bond acceptors (Lipinski definition) is 3. The first-order valence-corrected chi connectivity index (χ1v) is 6.49. The summed E-state index contributed by atoms with van der Waals surface area (Å²) in [4.78, 5) is 29.4. The highest BCUT2D eigenvalue weighted by Crippen LogP contribution is 2.18. The predicted molar refractivity (Wildman–Crippen MR) is 66.1 cm³/mol. The third-order valence-electron chi connectivity index (χ3n) is 2.49. The van der Waals surface area contributed by atoms with Gasteiger partial charge in [-0.25, -0.2) is 4.79 Å². The maximum absolute atomic E-state index is 10.7. The zero-order valence-corrected chi connectivity index (χ0v) is 10.8. The van der Waals surface area contributed by atoms with E-state index in [-0.39, 0.29) is 0 Å². The molecule has 0 spiro atoms. The molecular formula is C11H14N2O5P+. The number of carboxylic acids is 1. The summed E-state index contributed by atoms with van der Waals surface area (Å²) in [5.41, 5.74) is 5.65. The third kappa shape index (κ3) is 4.76. The lowest BCUT2D eigenvalue weighted by Crippen LogP contribution is -2.65. The molecule has 0 radical (unpaired) electrons. The van der Waals surface area contributed by atoms with E-state index in [4.69, 9.17) is 19.5 Å². The Hall–Kier alpha value is -1.79. The third-order valence-corrected chi connectivity index (χ3v) is 2.49. The second kappa shape index (κ2) is 6.96. The van der Waals surface area contributed by atoms with Crippen molar-refractivity contribution in [1.29, 1.82) is 0 Å². The number of quaternary nitrogens is 1. The van der Waals surface area contributed by atoms with Crippen LogP contribution in [-0.2, 0) is 15.8 Å². The first-order valence-electron chi connectivity index (χ1n) is 5.36. The maximum atomic E-state index is 10.7. The molecule has 1 aromatic carbocycles. The lowest BCUT2D eigenvalue weighted by atomic mass is 10.1. The Morgan fingerprint density at radius 1 is 1.47 bits per heavy atom. The van der Waals surface area contributed by atoms with Gasteiger partial charge in [0.15, 0.2) is 6.04 Å². The van der Waals surface area contributed by atoms with Gasteiger partial charge in [-0.1, -0.05) is 18.2 Å². The Labute approximate surface area is 109 Å². The fourth-order valence-electron chi connectivity index (χ4n) is 1.65. The standard InChI is InChI=1S/C11H12N2O2.HO3P/c12-9(11(14)15)5-7-6-13-10-4-2-1-3-8(7)10;1-4(2)3/h1-4,6,9,13H,5,12H2,(H,14,15);(H,1,2,3)/p+1/t9-;/m0./s1. The zero-order chi connectivity index (χ0) is 14.4. The highest BCUT2D eigenvalue weighted by atomic mass is 31.1. The molecule has 102 valence electrons. The summed E-state index contributed by atoms with van der Waals surface area (Å²) in [7, 11) is -3.12. The van der Waals surface area contributed by atoms with Crippen molar-refractivity contribution in [3.8, 4) is 0 Å². The van der Waals surface area contributed by atoms with E-state index in [2.05, 4.69) is 10.7 Å². The lowest BCUT2D eigenvalue weighted by Gasteiger charge is -2.01. The molecule has 0 bridgehead atoms. The Morgan fingerprint density at radius 3 is 2.63 bits per heavy atom. The van der Waals surface area contributed by atoms with Gasteiger partial charge in [0, 0.05) is 23.5 Å². The molecule has 0 aliphatic heterocycles. The van der Waals surface area contributed by atoms with Crippen LogP contribution in [0, 0.1) is 0 Å². The highest BCUT2D eigenvalue weighted by Gasteiger charge is 2.17. The Balaban J connectivity index is 0.000000399. The van der Waals surface area contributed by atoms with Gasteiger partial charge in [-0.2, -0.15) is 4.89 Å². The number of fused-ring (bicyclic) bond motifs is 1. The second-order valence-electron chi connectivity index (χ2n) is 3.84. The normalized spacial score (nSPS) is 12.5. The molecule has 0 aliphatic rings. The van der Waals surface area contributed by atoms with Crippen molar-refractivity contribution in [3.63, 3.8) is 0 Å². The van der Waals surface area contributed by atoms with Crippen molar-refractivity contribution < 1.29 is 30.0 Å². The average Bonchev–Trinajstić information content (AvgIpc) is 2.72. The minimum atomic E-state index is -3.12. The number of rotatable bonds is 3. The molecule has 2 aromatic rings. The van der Waals surface area contributed by atoms with Gasteiger partial charge in [0.25, 0.3) is 0 Å². The number of H-pyrrole nitrogens is 1. The van der Waals surface area contributed by atoms with E-state index in [9.17, 15) is 4.79 Å². The topological polar surface area (TPSA) is 141 Å². The average molecular weight is 285 g/mol. The van der Waals surface area contributed by atoms with Crippen molar-refractivity contribution >= 4 is 25.1 Å². The monoisotopic (exact) mass is 285 g/mol. The molecule has 0 saturated heterocycles. The number of aliphatic carboxylic acids is 1. The maximum Gasteiger partial charge on any atom is 0.485 e.